The number of ether oxygens (including phenoxy) is 3. The van der Waals surface area contributed by atoms with Crippen LogP contribution in [0.1, 0.15) is 45.5 Å². The molecule has 1 aliphatic carbocycles. The number of allylic oxidation sites excluding steroid dienone is 2. The summed E-state index contributed by atoms with van der Waals surface area (Å²) in [5.41, 5.74) is 1.09. The van der Waals surface area contributed by atoms with E-state index in [0.29, 0.717) is 17.1 Å². The highest BCUT2D eigenvalue weighted by molar-refractivity contribution is 6.27. The number of hydrogen-bond donors (Lipinski definition) is 1. The van der Waals surface area contributed by atoms with E-state index < -0.39 is 23.5 Å². The molecule has 176 valence electrons. The molecule has 0 radical (unpaired) electrons. The molecule has 1 aliphatic heterocycles. The Labute approximate surface area is 201 Å². The molecule has 0 fully saturated rings. The van der Waals surface area contributed by atoms with Gasteiger partial charge in [0, 0.05) is 23.5 Å². The molecule has 1 unspecified atom stereocenters. The molecule has 0 bridgehead atoms. The van der Waals surface area contributed by atoms with Crippen LogP contribution in [0.3, 0.4) is 0 Å². The maximum Gasteiger partial charge on any atom is 0.379 e. The first-order valence-corrected chi connectivity index (χ1v) is 11.3. The molecular formula is C28H22O7. The van der Waals surface area contributed by atoms with Gasteiger partial charge in [-0.15, -0.1) is 0 Å². The first kappa shape index (κ1) is 22.6. The summed E-state index contributed by atoms with van der Waals surface area (Å²) >= 11 is 0. The molecule has 0 saturated carbocycles. The molecule has 7 heteroatoms. The summed E-state index contributed by atoms with van der Waals surface area (Å²) in [5.74, 6) is -4.45. The fraction of sp³-hybridized carbons (Fsp3) is 0.179. The van der Waals surface area contributed by atoms with Gasteiger partial charge in [0.2, 0.25) is 5.78 Å². The summed E-state index contributed by atoms with van der Waals surface area (Å²) in [7, 11) is 0. The lowest BCUT2D eigenvalue weighted by atomic mass is 9.75. The van der Waals surface area contributed by atoms with Gasteiger partial charge in [0.25, 0.3) is 0 Å². The zero-order valence-corrected chi connectivity index (χ0v) is 18.9. The molecule has 0 amide bonds. The van der Waals surface area contributed by atoms with Gasteiger partial charge in [0.05, 0.1) is 12.2 Å². The number of carbonyl (C=O) groups is 3. The molecule has 7 nitrogen and oxygen atoms in total. The molecule has 3 aromatic rings. The molecule has 35 heavy (non-hydrogen) atoms. The van der Waals surface area contributed by atoms with Crippen molar-refractivity contribution in [1.29, 1.82) is 0 Å². The second-order valence-electron chi connectivity index (χ2n) is 8.30. The summed E-state index contributed by atoms with van der Waals surface area (Å²) in [6, 6.07) is 22.6. The van der Waals surface area contributed by atoms with E-state index in [-0.39, 0.29) is 41.3 Å². The van der Waals surface area contributed by atoms with E-state index >= 15 is 0 Å². The van der Waals surface area contributed by atoms with Gasteiger partial charge in [-0.1, -0.05) is 54.6 Å². The van der Waals surface area contributed by atoms with Crippen LogP contribution in [0.25, 0.3) is 0 Å². The zero-order chi connectivity index (χ0) is 24.6. The molecular weight excluding hydrogens is 448 g/mol. The van der Waals surface area contributed by atoms with Gasteiger partial charge in [0.1, 0.15) is 11.5 Å². The van der Waals surface area contributed by atoms with Crippen molar-refractivity contribution in [3.05, 3.63) is 107 Å². The normalized spacial score (nSPS) is 21.0. The monoisotopic (exact) mass is 470 g/mol. The lowest BCUT2D eigenvalue weighted by Crippen LogP contribution is -2.49. The van der Waals surface area contributed by atoms with E-state index in [4.69, 9.17) is 14.2 Å². The number of benzene rings is 3. The minimum atomic E-state index is -2.43. The smallest absolute Gasteiger partial charge is 0.379 e. The van der Waals surface area contributed by atoms with Crippen molar-refractivity contribution in [2.75, 3.05) is 6.61 Å². The number of rotatable bonds is 5. The SMILES string of the molecule is CCOC(=O)C1(O)C[C@H](c2cccc(Oc3ccccc3)c2)C2=C(O1)C(=O)c1ccccc1C2=O. The van der Waals surface area contributed by atoms with Gasteiger partial charge < -0.3 is 19.3 Å². The second kappa shape index (κ2) is 8.85. The first-order valence-electron chi connectivity index (χ1n) is 11.3. The molecule has 1 heterocycles. The number of fused-ring (bicyclic) bond motifs is 1. The largest absolute Gasteiger partial charge is 0.461 e. The Balaban J connectivity index is 1.62. The Morgan fingerprint density at radius 3 is 2.31 bits per heavy atom. The van der Waals surface area contributed by atoms with Crippen molar-refractivity contribution in [2.24, 2.45) is 0 Å². The van der Waals surface area contributed by atoms with Crippen LogP contribution >= 0.6 is 0 Å². The maximum absolute atomic E-state index is 13.5. The second-order valence-corrected chi connectivity index (χ2v) is 8.30. The molecule has 0 saturated heterocycles. The van der Waals surface area contributed by atoms with Crippen molar-refractivity contribution in [1.82, 2.24) is 0 Å². The van der Waals surface area contributed by atoms with E-state index in [1.807, 2.05) is 30.3 Å². The Kier molecular flexibility index (Phi) is 5.70. The molecule has 2 aliphatic rings. The topological polar surface area (TPSA) is 99.1 Å². The highest BCUT2D eigenvalue weighted by Crippen LogP contribution is 2.46. The van der Waals surface area contributed by atoms with Crippen molar-refractivity contribution in [3.8, 4) is 11.5 Å². The van der Waals surface area contributed by atoms with Crippen LogP contribution in [0.2, 0.25) is 0 Å². The number of esters is 1. The summed E-state index contributed by atoms with van der Waals surface area (Å²) in [4.78, 5) is 39.5. The fourth-order valence-corrected chi connectivity index (χ4v) is 4.45. The third-order valence-electron chi connectivity index (χ3n) is 6.05. The minimum Gasteiger partial charge on any atom is -0.461 e. The predicted molar refractivity (Wildman–Crippen MR) is 125 cm³/mol. The third kappa shape index (κ3) is 4.00. The van der Waals surface area contributed by atoms with Crippen LogP contribution in [0.15, 0.2) is 90.2 Å². The van der Waals surface area contributed by atoms with Crippen LogP contribution in [-0.2, 0) is 14.3 Å². The molecule has 2 atom stereocenters. The van der Waals surface area contributed by atoms with Gasteiger partial charge in [-0.05, 0) is 36.8 Å². The highest BCUT2D eigenvalue weighted by atomic mass is 16.7. The first-order chi connectivity index (χ1) is 16.9. The zero-order valence-electron chi connectivity index (χ0n) is 18.9. The van der Waals surface area contributed by atoms with Crippen molar-refractivity contribution in [2.45, 2.75) is 25.0 Å². The number of Topliss-reactive ketones (excluding diaryl/α,β-unsaturated/α-hetero) is 2. The van der Waals surface area contributed by atoms with Crippen molar-refractivity contribution in [3.63, 3.8) is 0 Å². The quantitative estimate of drug-likeness (QED) is 0.546. The summed E-state index contributed by atoms with van der Waals surface area (Å²) in [5, 5.41) is 11.2. The van der Waals surface area contributed by atoms with Crippen LogP contribution in [0.4, 0.5) is 0 Å². The molecule has 0 aromatic heterocycles. The van der Waals surface area contributed by atoms with E-state index in [1.54, 1.807) is 49.4 Å². The Hall–Kier alpha value is -4.23. The standard InChI is InChI=1S/C28H22O7/c1-2-33-27(31)28(32)16-22(17-9-8-12-19(15-17)34-18-10-4-3-5-11-18)23-24(29)20-13-6-7-14-21(20)25(30)26(23)35-28/h3-15,22,32H,2,16H2,1H3/t22-,28?/m1/s1. The molecule has 1 N–H and O–H groups in total. The van der Waals surface area contributed by atoms with Crippen LogP contribution in [-0.4, -0.2) is 35.0 Å². The fourth-order valence-electron chi connectivity index (χ4n) is 4.45. The Morgan fingerprint density at radius 1 is 0.943 bits per heavy atom. The third-order valence-corrected chi connectivity index (χ3v) is 6.05. The van der Waals surface area contributed by atoms with Gasteiger partial charge in [0.15, 0.2) is 11.5 Å². The minimum absolute atomic E-state index is 0.0111. The molecule has 0 spiro atoms. The Bertz CT molecular complexity index is 1360. The summed E-state index contributed by atoms with van der Waals surface area (Å²) in [6.45, 7) is 1.61. The van der Waals surface area contributed by atoms with Crippen LogP contribution < -0.4 is 4.74 Å². The molecule has 5 rings (SSSR count). The highest BCUT2D eigenvalue weighted by Gasteiger charge is 2.53. The van der Waals surface area contributed by atoms with Gasteiger partial charge in [-0.2, -0.15) is 0 Å². The number of ketones is 2. The average Bonchev–Trinajstić information content (AvgIpc) is 2.88. The van der Waals surface area contributed by atoms with Crippen molar-refractivity contribution < 1.29 is 33.7 Å². The van der Waals surface area contributed by atoms with E-state index in [9.17, 15) is 19.5 Å². The van der Waals surface area contributed by atoms with E-state index in [0.717, 1.165) is 0 Å². The number of carbonyl (C=O) groups excluding carboxylic acids is 3. The average molecular weight is 470 g/mol. The summed E-state index contributed by atoms with van der Waals surface area (Å²) in [6.07, 6.45) is -0.305. The van der Waals surface area contributed by atoms with Crippen molar-refractivity contribution >= 4 is 17.5 Å². The van der Waals surface area contributed by atoms with Crippen LogP contribution in [0.5, 0.6) is 11.5 Å². The Morgan fingerprint density at radius 2 is 1.60 bits per heavy atom. The van der Waals surface area contributed by atoms with Gasteiger partial charge in [-0.3, -0.25) is 9.59 Å². The predicted octanol–water partition coefficient (Wildman–Crippen LogP) is 4.57. The lowest BCUT2D eigenvalue weighted by molar-refractivity contribution is -0.220. The summed E-state index contributed by atoms with van der Waals surface area (Å²) < 4.78 is 16.5. The van der Waals surface area contributed by atoms with E-state index in [2.05, 4.69) is 0 Å². The maximum atomic E-state index is 13.5. The number of hydrogen-bond acceptors (Lipinski definition) is 7. The van der Waals surface area contributed by atoms with Gasteiger partial charge in [-0.25, -0.2) is 4.79 Å². The van der Waals surface area contributed by atoms with Gasteiger partial charge >= 0.3 is 11.8 Å². The number of para-hydroxylation sites is 1. The van der Waals surface area contributed by atoms with Crippen LogP contribution in [0, 0.1) is 0 Å². The van der Waals surface area contributed by atoms with E-state index in [1.165, 1.54) is 6.07 Å². The lowest BCUT2D eigenvalue weighted by Gasteiger charge is -2.39. The molecule has 3 aromatic carbocycles. The number of aliphatic hydroxyl groups is 1.